The van der Waals surface area contributed by atoms with Gasteiger partial charge in [-0.05, 0) is 25.2 Å². The molecule has 0 aromatic carbocycles. The normalized spacial score (nSPS) is 30.5. The molecule has 0 aromatic heterocycles. The van der Waals surface area contributed by atoms with E-state index in [9.17, 15) is 5.11 Å². The van der Waals surface area contributed by atoms with Gasteiger partial charge in [-0.25, -0.2) is 5.11 Å². The summed E-state index contributed by atoms with van der Waals surface area (Å²) in [7, 11) is 1.62. The standard InChI is InChI=1S/C9H17O3/c1-11-7-12-9-4-2-3-8(5-9)6-10/h8-9H,2-7H2,1H3/t8-,9+/m1/s1. The molecule has 71 valence electrons. The van der Waals surface area contributed by atoms with Crippen molar-refractivity contribution in [1.82, 2.24) is 0 Å². The molecule has 0 saturated heterocycles. The smallest absolute Gasteiger partial charge is 0.146 e. The summed E-state index contributed by atoms with van der Waals surface area (Å²) in [6.45, 7) is 0.406. The van der Waals surface area contributed by atoms with E-state index in [0.29, 0.717) is 12.7 Å². The van der Waals surface area contributed by atoms with Crippen LogP contribution in [0.2, 0.25) is 0 Å². The van der Waals surface area contributed by atoms with Gasteiger partial charge in [-0.3, -0.25) is 0 Å². The molecule has 0 heterocycles. The number of methoxy groups -OCH3 is 1. The number of rotatable bonds is 4. The minimum atomic E-state index is 0.0485. The monoisotopic (exact) mass is 173 g/mol. The van der Waals surface area contributed by atoms with Crippen LogP contribution in [0.3, 0.4) is 0 Å². The van der Waals surface area contributed by atoms with Gasteiger partial charge in [-0.2, -0.15) is 0 Å². The maximum absolute atomic E-state index is 10.6. The highest BCUT2D eigenvalue weighted by atomic mass is 16.7. The fourth-order valence-electron chi connectivity index (χ4n) is 1.71. The van der Waals surface area contributed by atoms with Crippen molar-refractivity contribution in [2.45, 2.75) is 31.8 Å². The zero-order valence-electron chi connectivity index (χ0n) is 7.62. The average Bonchev–Trinajstić information content (AvgIpc) is 2.15. The van der Waals surface area contributed by atoms with Crippen LogP contribution in [0.1, 0.15) is 25.7 Å². The van der Waals surface area contributed by atoms with Crippen LogP contribution in [0.5, 0.6) is 0 Å². The van der Waals surface area contributed by atoms with E-state index in [1.54, 1.807) is 7.11 Å². The van der Waals surface area contributed by atoms with Gasteiger partial charge in [0, 0.05) is 7.11 Å². The second-order valence-corrected chi connectivity index (χ2v) is 3.39. The van der Waals surface area contributed by atoms with Crippen molar-refractivity contribution in [1.29, 1.82) is 0 Å². The Morgan fingerprint density at radius 2 is 2.25 bits per heavy atom. The summed E-state index contributed by atoms with van der Waals surface area (Å²) in [4.78, 5) is 0. The predicted molar refractivity (Wildman–Crippen MR) is 44.3 cm³/mol. The van der Waals surface area contributed by atoms with E-state index in [4.69, 9.17) is 9.47 Å². The van der Waals surface area contributed by atoms with Crippen LogP contribution in [0.15, 0.2) is 0 Å². The highest BCUT2D eigenvalue weighted by molar-refractivity contribution is 4.72. The van der Waals surface area contributed by atoms with Crippen LogP contribution in [0, 0.1) is 5.92 Å². The van der Waals surface area contributed by atoms with Gasteiger partial charge in [0.15, 0.2) is 0 Å². The third-order valence-electron chi connectivity index (χ3n) is 2.39. The van der Waals surface area contributed by atoms with Gasteiger partial charge in [-0.15, -0.1) is 0 Å². The quantitative estimate of drug-likeness (QED) is 0.605. The molecule has 0 N–H and O–H groups in total. The summed E-state index contributed by atoms with van der Waals surface area (Å²) in [5, 5.41) is 10.6. The third-order valence-corrected chi connectivity index (χ3v) is 2.39. The van der Waals surface area contributed by atoms with Crippen molar-refractivity contribution in [3.63, 3.8) is 0 Å². The fraction of sp³-hybridized carbons (Fsp3) is 1.00. The zero-order valence-corrected chi connectivity index (χ0v) is 7.62. The van der Waals surface area contributed by atoms with Crippen molar-refractivity contribution >= 4 is 0 Å². The topological polar surface area (TPSA) is 38.4 Å². The Balaban J connectivity index is 2.16. The van der Waals surface area contributed by atoms with E-state index >= 15 is 0 Å². The van der Waals surface area contributed by atoms with Gasteiger partial charge >= 0.3 is 0 Å². The van der Waals surface area contributed by atoms with Gasteiger partial charge in [0.05, 0.1) is 12.7 Å². The van der Waals surface area contributed by atoms with E-state index in [1.165, 1.54) is 0 Å². The molecule has 1 aliphatic carbocycles. The van der Waals surface area contributed by atoms with Crippen LogP contribution in [-0.2, 0) is 14.6 Å². The minimum absolute atomic E-state index is 0.0485. The summed E-state index contributed by atoms with van der Waals surface area (Å²) in [5.74, 6) is 0.334. The number of ether oxygens (including phenoxy) is 2. The lowest BCUT2D eigenvalue weighted by atomic mass is 9.88. The molecular formula is C9H17O3. The van der Waals surface area contributed by atoms with Gasteiger partial charge in [-0.1, -0.05) is 6.42 Å². The van der Waals surface area contributed by atoms with Crippen molar-refractivity contribution < 1.29 is 14.6 Å². The zero-order chi connectivity index (χ0) is 8.81. The molecule has 3 nitrogen and oxygen atoms in total. The lowest BCUT2D eigenvalue weighted by molar-refractivity contribution is -0.0923. The van der Waals surface area contributed by atoms with Gasteiger partial charge in [0.25, 0.3) is 0 Å². The molecule has 1 saturated carbocycles. The first kappa shape index (κ1) is 9.96. The van der Waals surface area contributed by atoms with Crippen molar-refractivity contribution in [2.24, 2.45) is 5.92 Å². The maximum atomic E-state index is 10.6. The van der Waals surface area contributed by atoms with E-state index in [2.05, 4.69) is 0 Å². The molecule has 1 fully saturated rings. The van der Waals surface area contributed by atoms with Crippen molar-refractivity contribution in [3.05, 3.63) is 0 Å². The fourth-order valence-corrected chi connectivity index (χ4v) is 1.71. The van der Waals surface area contributed by atoms with Crippen LogP contribution >= 0.6 is 0 Å². The predicted octanol–water partition coefficient (Wildman–Crippen LogP) is 1.60. The molecule has 1 rings (SSSR count). The summed E-state index contributed by atoms with van der Waals surface area (Å²) < 4.78 is 10.2. The highest BCUT2D eigenvalue weighted by Gasteiger charge is 2.21. The molecular weight excluding hydrogens is 156 g/mol. The first-order valence-electron chi connectivity index (χ1n) is 4.55. The van der Waals surface area contributed by atoms with Gasteiger partial charge < -0.3 is 9.47 Å². The van der Waals surface area contributed by atoms with Gasteiger partial charge in [0.1, 0.15) is 6.79 Å². The van der Waals surface area contributed by atoms with E-state index in [-0.39, 0.29) is 12.7 Å². The van der Waals surface area contributed by atoms with Crippen molar-refractivity contribution in [3.8, 4) is 0 Å². The Hall–Kier alpha value is -0.120. The van der Waals surface area contributed by atoms with E-state index in [1.807, 2.05) is 0 Å². The molecule has 1 aliphatic rings. The van der Waals surface area contributed by atoms with E-state index in [0.717, 1.165) is 25.7 Å². The summed E-state index contributed by atoms with van der Waals surface area (Å²) in [6.07, 6.45) is 4.47. The summed E-state index contributed by atoms with van der Waals surface area (Å²) in [5.41, 5.74) is 0. The molecule has 12 heavy (non-hydrogen) atoms. The Bertz CT molecular complexity index is 116. The Morgan fingerprint density at radius 3 is 2.92 bits per heavy atom. The molecule has 0 spiro atoms. The lowest BCUT2D eigenvalue weighted by Crippen LogP contribution is -2.25. The minimum Gasteiger partial charge on any atom is -0.359 e. The molecule has 0 bridgehead atoms. The van der Waals surface area contributed by atoms with Crippen molar-refractivity contribution in [2.75, 3.05) is 20.5 Å². The maximum Gasteiger partial charge on any atom is 0.146 e. The molecule has 0 aliphatic heterocycles. The van der Waals surface area contributed by atoms with E-state index < -0.39 is 0 Å². The number of hydrogen-bond acceptors (Lipinski definition) is 2. The second kappa shape index (κ2) is 5.51. The third kappa shape index (κ3) is 3.09. The Labute approximate surface area is 73.7 Å². The van der Waals surface area contributed by atoms with Crippen LogP contribution in [0.4, 0.5) is 0 Å². The Kier molecular flexibility index (Phi) is 4.58. The van der Waals surface area contributed by atoms with Gasteiger partial charge in [0.2, 0.25) is 0 Å². The number of hydrogen-bond donors (Lipinski definition) is 0. The molecule has 0 unspecified atom stereocenters. The largest absolute Gasteiger partial charge is 0.359 e. The molecule has 3 heteroatoms. The van der Waals surface area contributed by atoms with Crippen LogP contribution in [-0.4, -0.2) is 26.6 Å². The summed E-state index contributed by atoms with van der Waals surface area (Å²) in [6, 6.07) is 0. The van der Waals surface area contributed by atoms with Crippen LogP contribution in [0.25, 0.3) is 0 Å². The molecule has 0 amide bonds. The first-order chi connectivity index (χ1) is 5.86. The second-order valence-electron chi connectivity index (χ2n) is 3.39. The van der Waals surface area contributed by atoms with Crippen LogP contribution < -0.4 is 0 Å². The average molecular weight is 173 g/mol. The lowest BCUT2D eigenvalue weighted by Gasteiger charge is -2.27. The Morgan fingerprint density at radius 1 is 1.42 bits per heavy atom. The molecule has 2 atom stereocenters. The highest BCUT2D eigenvalue weighted by Crippen LogP contribution is 2.25. The molecule has 0 aromatic rings. The summed E-state index contributed by atoms with van der Waals surface area (Å²) >= 11 is 0. The SMILES string of the molecule is COCO[C@H]1CCC[C@@H](C[O])C1. The molecule has 1 radical (unpaired) electrons. The first-order valence-corrected chi connectivity index (χ1v) is 4.55.